The molecule has 4 atom stereocenters. The molecule has 0 radical (unpaired) electrons. The number of aliphatic hydroxyl groups excluding tert-OH is 1. The Kier molecular flexibility index (Phi) is 3.26. The fraction of sp³-hybridized carbons (Fsp3) is 0.615. The number of urea groups is 1. The fourth-order valence-electron chi connectivity index (χ4n) is 3.55. The summed E-state index contributed by atoms with van der Waals surface area (Å²) in [5.74, 6) is 1.41. The molecule has 0 spiro atoms. The molecule has 0 aliphatic heterocycles. The number of hydrogen-bond acceptors (Lipinski definition) is 3. The van der Waals surface area contributed by atoms with E-state index in [4.69, 9.17) is 0 Å². The average Bonchev–Trinajstić information content (AvgIpc) is 3.04. The summed E-state index contributed by atoms with van der Waals surface area (Å²) in [4.78, 5) is 11.9. The zero-order chi connectivity index (χ0) is 12.5. The van der Waals surface area contributed by atoms with Crippen LogP contribution >= 0.6 is 11.3 Å². The van der Waals surface area contributed by atoms with Crippen molar-refractivity contribution in [3.05, 3.63) is 17.5 Å². The predicted octanol–water partition coefficient (Wildman–Crippen LogP) is 2.28. The second-order valence-electron chi connectivity index (χ2n) is 5.28. The van der Waals surface area contributed by atoms with E-state index in [1.165, 1.54) is 24.2 Å². The van der Waals surface area contributed by atoms with Crippen LogP contribution in [0.1, 0.15) is 19.3 Å². The van der Waals surface area contributed by atoms with Gasteiger partial charge in [0.25, 0.3) is 0 Å². The van der Waals surface area contributed by atoms with Crippen molar-refractivity contribution in [1.82, 2.24) is 5.32 Å². The number of amides is 2. The van der Waals surface area contributed by atoms with Gasteiger partial charge in [-0.2, -0.15) is 0 Å². The number of carbonyl (C=O) groups excluding carboxylic acids is 1. The molecule has 98 valence electrons. The van der Waals surface area contributed by atoms with Crippen LogP contribution in [0.4, 0.5) is 9.80 Å². The molecule has 3 N–H and O–H groups in total. The average molecular weight is 266 g/mol. The molecule has 2 aliphatic rings. The highest BCUT2D eigenvalue weighted by atomic mass is 32.1. The standard InChI is InChI=1S/C13H18N2O2S/c16-7-10-8-3-4-9(6-8)12(10)15-13(17)14-11-2-1-5-18-11/h1-2,5,8-10,12,16H,3-4,6-7H2,(H2,14,15,17)/t8-,9-,10-,12-/m0/s1. The van der Waals surface area contributed by atoms with Gasteiger partial charge in [0.05, 0.1) is 5.00 Å². The lowest BCUT2D eigenvalue weighted by Gasteiger charge is -2.30. The first-order valence-electron chi connectivity index (χ1n) is 6.50. The molecule has 1 heterocycles. The van der Waals surface area contributed by atoms with Gasteiger partial charge in [-0.05, 0) is 48.6 Å². The molecular weight excluding hydrogens is 248 g/mol. The van der Waals surface area contributed by atoms with Crippen LogP contribution < -0.4 is 10.6 Å². The van der Waals surface area contributed by atoms with Gasteiger partial charge in [0.2, 0.25) is 0 Å². The molecule has 4 nitrogen and oxygen atoms in total. The number of fused-ring (bicyclic) bond motifs is 2. The highest BCUT2D eigenvalue weighted by molar-refractivity contribution is 7.14. The van der Waals surface area contributed by atoms with Crippen molar-refractivity contribution >= 4 is 22.4 Å². The van der Waals surface area contributed by atoms with Crippen LogP contribution in [0.3, 0.4) is 0 Å². The quantitative estimate of drug-likeness (QED) is 0.786. The van der Waals surface area contributed by atoms with Crippen LogP contribution in [0.5, 0.6) is 0 Å². The normalized spacial score (nSPS) is 33.6. The van der Waals surface area contributed by atoms with Gasteiger partial charge in [0.15, 0.2) is 0 Å². The Morgan fingerprint density at radius 2 is 2.28 bits per heavy atom. The number of thiophene rings is 1. The Labute approximate surface area is 110 Å². The van der Waals surface area contributed by atoms with E-state index in [9.17, 15) is 9.90 Å². The minimum absolute atomic E-state index is 0.145. The molecule has 0 unspecified atom stereocenters. The summed E-state index contributed by atoms with van der Waals surface area (Å²) in [6.07, 6.45) is 3.56. The number of hydrogen-bond donors (Lipinski definition) is 3. The van der Waals surface area contributed by atoms with E-state index in [1.54, 1.807) is 0 Å². The largest absolute Gasteiger partial charge is 0.396 e. The van der Waals surface area contributed by atoms with Crippen LogP contribution in [0, 0.1) is 17.8 Å². The minimum Gasteiger partial charge on any atom is -0.396 e. The molecule has 18 heavy (non-hydrogen) atoms. The van der Waals surface area contributed by atoms with Crippen LogP contribution in [0.15, 0.2) is 17.5 Å². The lowest BCUT2D eigenvalue weighted by atomic mass is 9.85. The van der Waals surface area contributed by atoms with E-state index in [0.29, 0.717) is 11.8 Å². The number of aliphatic hydroxyl groups is 1. The van der Waals surface area contributed by atoms with E-state index in [1.807, 2.05) is 17.5 Å². The monoisotopic (exact) mass is 266 g/mol. The predicted molar refractivity (Wildman–Crippen MR) is 71.7 cm³/mol. The lowest BCUT2D eigenvalue weighted by Crippen LogP contribution is -2.46. The van der Waals surface area contributed by atoms with Gasteiger partial charge in [-0.15, -0.1) is 11.3 Å². The maximum absolute atomic E-state index is 11.9. The van der Waals surface area contributed by atoms with Crippen molar-refractivity contribution in [2.24, 2.45) is 17.8 Å². The molecule has 2 saturated carbocycles. The molecule has 2 fully saturated rings. The second-order valence-corrected chi connectivity index (χ2v) is 6.23. The lowest BCUT2D eigenvalue weighted by molar-refractivity contribution is 0.146. The van der Waals surface area contributed by atoms with Gasteiger partial charge in [0, 0.05) is 18.6 Å². The molecule has 5 heteroatoms. The number of carbonyl (C=O) groups is 1. The van der Waals surface area contributed by atoms with Crippen LogP contribution in [-0.2, 0) is 0 Å². The molecule has 3 rings (SSSR count). The second kappa shape index (κ2) is 4.90. The van der Waals surface area contributed by atoms with Gasteiger partial charge in [-0.1, -0.05) is 0 Å². The molecule has 0 aromatic carbocycles. The molecular formula is C13H18N2O2S. The first-order valence-corrected chi connectivity index (χ1v) is 7.38. The van der Waals surface area contributed by atoms with Crippen LogP contribution in [-0.4, -0.2) is 23.8 Å². The highest BCUT2D eigenvalue weighted by Gasteiger charge is 2.47. The Morgan fingerprint density at radius 3 is 3.00 bits per heavy atom. The van der Waals surface area contributed by atoms with Crippen molar-refractivity contribution in [2.75, 3.05) is 11.9 Å². The summed E-state index contributed by atoms with van der Waals surface area (Å²) < 4.78 is 0. The third-order valence-electron chi connectivity index (χ3n) is 4.35. The maximum Gasteiger partial charge on any atom is 0.320 e. The molecule has 2 aliphatic carbocycles. The van der Waals surface area contributed by atoms with E-state index >= 15 is 0 Å². The van der Waals surface area contributed by atoms with Crippen LogP contribution in [0.25, 0.3) is 0 Å². The van der Waals surface area contributed by atoms with E-state index in [-0.39, 0.29) is 24.6 Å². The Bertz CT molecular complexity index is 421. The Hall–Kier alpha value is -1.07. The third kappa shape index (κ3) is 2.12. The Balaban J connectivity index is 1.60. The number of anilines is 1. The SMILES string of the molecule is O=C(Nc1cccs1)N[C@H]1[C@H]2CC[C@@H](C2)[C@@H]1CO. The molecule has 2 amide bonds. The Morgan fingerprint density at radius 1 is 1.44 bits per heavy atom. The van der Waals surface area contributed by atoms with Gasteiger partial charge in [-0.25, -0.2) is 4.79 Å². The molecule has 2 bridgehead atoms. The summed E-state index contributed by atoms with van der Waals surface area (Å²) in [5, 5.41) is 18.1. The summed E-state index contributed by atoms with van der Waals surface area (Å²) in [6, 6.07) is 3.80. The van der Waals surface area contributed by atoms with Gasteiger partial charge in [-0.3, -0.25) is 5.32 Å². The van der Waals surface area contributed by atoms with E-state index in [0.717, 1.165) is 11.4 Å². The van der Waals surface area contributed by atoms with Crippen molar-refractivity contribution < 1.29 is 9.90 Å². The van der Waals surface area contributed by atoms with E-state index in [2.05, 4.69) is 10.6 Å². The number of nitrogens with one attached hydrogen (secondary N) is 2. The van der Waals surface area contributed by atoms with Crippen molar-refractivity contribution in [3.8, 4) is 0 Å². The van der Waals surface area contributed by atoms with Gasteiger partial charge >= 0.3 is 6.03 Å². The molecule has 0 saturated heterocycles. The summed E-state index contributed by atoms with van der Waals surface area (Å²) in [6.45, 7) is 0.186. The zero-order valence-electron chi connectivity index (χ0n) is 10.1. The van der Waals surface area contributed by atoms with Crippen molar-refractivity contribution in [3.63, 3.8) is 0 Å². The van der Waals surface area contributed by atoms with Gasteiger partial charge in [0.1, 0.15) is 0 Å². The first-order chi connectivity index (χ1) is 8.78. The van der Waals surface area contributed by atoms with Gasteiger partial charge < -0.3 is 10.4 Å². The third-order valence-corrected chi connectivity index (χ3v) is 5.14. The summed E-state index contributed by atoms with van der Waals surface area (Å²) in [5.41, 5.74) is 0. The smallest absolute Gasteiger partial charge is 0.320 e. The van der Waals surface area contributed by atoms with Crippen LogP contribution in [0.2, 0.25) is 0 Å². The van der Waals surface area contributed by atoms with Crippen molar-refractivity contribution in [1.29, 1.82) is 0 Å². The van der Waals surface area contributed by atoms with E-state index < -0.39 is 0 Å². The minimum atomic E-state index is -0.145. The molecule has 1 aromatic rings. The summed E-state index contributed by atoms with van der Waals surface area (Å²) >= 11 is 1.51. The fourth-order valence-corrected chi connectivity index (χ4v) is 4.16. The number of rotatable bonds is 3. The topological polar surface area (TPSA) is 61.4 Å². The zero-order valence-corrected chi connectivity index (χ0v) is 11.0. The first kappa shape index (κ1) is 12.0. The van der Waals surface area contributed by atoms with Crippen molar-refractivity contribution in [2.45, 2.75) is 25.3 Å². The molecule has 1 aromatic heterocycles. The maximum atomic E-state index is 11.9. The highest BCUT2D eigenvalue weighted by Crippen LogP contribution is 2.48. The summed E-state index contributed by atoms with van der Waals surface area (Å²) in [7, 11) is 0.